The predicted molar refractivity (Wildman–Crippen MR) is 102 cm³/mol. The summed E-state index contributed by atoms with van der Waals surface area (Å²) >= 11 is 1.49. The number of hydrazone groups is 1. The van der Waals surface area contributed by atoms with E-state index in [0.717, 1.165) is 24.2 Å². The Hall–Kier alpha value is -2.08. The Bertz CT molecular complexity index is 835. The molecule has 4 aliphatic rings. The summed E-state index contributed by atoms with van der Waals surface area (Å²) in [6, 6.07) is 0. The molecule has 0 saturated carbocycles. The summed E-state index contributed by atoms with van der Waals surface area (Å²) in [5.41, 5.74) is 1.26. The second-order valence-electron chi connectivity index (χ2n) is 6.36. The van der Waals surface area contributed by atoms with Crippen molar-refractivity contribution in [3.05, 3.63) is 71.1 Å². The van der Waals surface area contributed by atoms with E-state index in [1.807, 2.05) is 18.0 Å². The smallest absolute Gasteiger partial charge is 0.141 e. The zero-order chi connectivity index (χ0) is 18.1. The number of ether oxygens (including phenoxy) is 1. The number of likely N-dealkylation sites (N-methyl/N-ethyl adjacent to an activating group) is 1. The molecule has 26 heavy (non-hydrogen) atoms. The molecule has 4 rings (SSSR count). The first-order valence-corrected chi connectivity index (χ1v) is 9.65. The maximum atomic E-state index is 14.5. The molecule has 3 nitrogen and oxygen atoms in total. The molecule has 136 valence electrons. The van der Waals surface area contributed by atoms with Gasteiger partial charge in [0.15, 0.2) is 0 Å². The van der Waals surface area contributed by atoms with Crippen molar-refractivity contribution in [2.45, 2.75) is 31.1 Å². The molecule has 0 amide bonds. The summed E-state index contributed by atoms with van der Waals surface area (Å²) in [7, 11) is 0. The Labute approximate surface area is 156 Å². The van der Waals surface area contributed by atoms with Crippen molar-refractivity contribution < 1.29 is 13.5 Å². The first-order chi connectivity index (χ1) is 12.6. The van der Waals surface area contributed by atoms with Crippen molar-refractivity contribution in [2.75, 3.05) is 13.2 Å². The number of hydrogen-bond donors (Lipinski definition) is 0. The van der Waals surface area contributed by atoms with E-state index in [9.17, 15) is 8.78 Å². The minimum Gasteiger partial charge on any atom is -0.493 e. The number of hydrogen-bond acceptors (Lipinski definition) is 4. The lowest BCUT2D eigenvalue weighted by molar-refractivity contribution is 0.122. The summed E-state index contributed by atoms with van der Waals surface area (Å²) in [6.07, 6.45) is 14.1. The van der Waals surface area contributed by atoms with Crippen molar-refractivity contribution in [3.63, 3.8) is 0 Å². The average molecular weight is 374 g/mol. The van der Waals surface area contributed by atoms with Crippen LogP contribution in [0.15, 0.2) is 76.2 Å². The average Bonchev–Trinajstić information content (AvgIpc) is 2.78. The van der Waals surface area contributed by atoms with Crippen LogP contribution in [0.5, 0.6) is 0 Å². The molecule has 0 aromatic heterocycles. The maximum absolute atomic E-state index is 14.5. The fourth-order valence-corrected chi connectivity index (χ4v) is 5.01. The van der Waals surface area contributed by atoms with Gasteiger partial charge < -0.3 is 4.74 Å². The van der Waals surface area contributed by atoms with E-state index in [1.54, 1.807) is 0 Å². The van der Waals surface area contributed by atoms with Gasteiger partial charge in [-0.15, -0.1) is 0 Å². The molecule has 6 heteroatoms. The molecule has 0 fully saturated rings. The fourth-order valence-electron chi connectivity index (χ4n) is 3.54. The predicted octanol–water partition coefficient (Wildman–Crippen LogP) is 5.29. The Morgan fingerprint density at radius 3 is 2.92 bits per heavy atom. The van der Waals surface area contributed by atoms with E-state index in [1.165, 1.54) is 30.0 Å². The maximum Gasteiger partial charge on any atom is 0.141 e. The molecule has 1 unspecified atom stereocenters. The van der Waals surface area contributed by atoms with E-state index >= 15 is 0 Å². The van der Waals surface area contributed by atoms with Crippen molar-refractivity contribution in [1.82, 2.24) is 5.01 Å². The van der Waals surface area contributed by atoms with Crippen LogP contribution in [0.2, 0.25) is 0 Å². The lowest BCUT2D eigenvalue weighted by Gasteiger charge is -2.40. The molecule has 0 N–H and O–H groups in total. The lowest BCUT2D eigenvalue weighted by atomic mass is 9.98. The molecule has 2 aliphatic heterocycles. The number of halogens is 2. The van der Waals surface area contributed by atoms with Gasteiger partial charge in [-0.1, -0.05) is 30.0 Å². The van der Waals surface area contributed by atoms with Crippen molar-refractivity contribution in [1.29, 1.82) is 0 Å². The van der Waals surface area contributed by atoms with E-state index in [0.29, 0.717) is 18.2 Å². The van der Waals surface area contributed by atoms with Gasteiger partial charge in [-0.2, -0.15) is 5.10 Å². The minimum atomic E-state index is -0.448. The lowest BCUT2D eigenvalue weighted by Crippen LogP contribution is -2.45. The third kappa shape index (κ3) is 2.86. The topological polar surface area (TPSA) is 24.8 Å². The van der Waals surface area contributed by atoms with Crippen LogP contribution in [0.3, 0.4) is 0 Å². The van der Waals surface area contributed by atoms with Crippen LogP contribution in [-0.2, 0) is 4.74 Å². The molecule has 1 atom stereocenters. The van der Waals surface area contributed by atoms with Crippen molar-refractivity contribution in [3.8, 4) is 0 Å². The molecule has 2 heterocycles. The quantitative estimate of drug-likeness (QED) is 0.656. The van der Waals surface area contributed by atoms with Crippen molar-refractivity contribution in [2.24, 2.45) is 5.10 Å². The second kappa shape index (κ2) is 6.91. The highest BCUT2D eigenvalue weighted by Gasteiger charge is 2.49. The van der Waals surface area contributed by atoms with Crippen LogP contribution in [0.25, 0.3) is 0 Å². The number of allylic oxidation sites excluding steroid dienone is 8. The molecule has 0 aromatic rings. The van der Waals surface area contributed by atoms with Gasteiger partial charge in [0, 0.05) is 24.1 Å². The van der Waals surface area contributed by atoms with Gasteiger partial charge in [-0.05, 0) is 44.1 Å². The van der Waals surface area contributed by atoms with Gasteiger partial charge in [0.25, 0.3) is 0 Å². The summed E-state index contributed by atoms with van der Waals surface area (Å²) in [6.45, 7) is 3.26. The second-order valence-corrected chi connectivity index (χ2v) is 7.63. The Morgan fingerprint density at radius 2 is 2.08 bits per heavy atom. The van der Waals surface area contributed by atoms with Crippen LogP contribution in [0.4, 0.5) is 8.78 Å². The Balaban J connectivity index is 1.77. The van der Waals surface area contributed by atoms with Gasteiger partial charge in [0.1, 0.15) is 27.3 Å². The molecule has 0 saturated heterocycles. The number of nitrogens with zero attached hydrogens (tertiary/aromatic N) is 2. The first kappa shape index (κ1) is 17.3. The summed E-state index contributed by atoms with van der Waals surface area (Å²) < 4.78 is 34.3. The van der Waals surface area contributed by atoms with E-state index in [-0.39, 0.29) is 12.0 Å². The minimum absolute atomic E-state index is 0.221. The van der Waals surface area contributed by atoms with Gasteiger partial charge in [0.05, 0.1) is 6.61 Å². The number of thioether (sulfide) groups is 1. The van der Waals surface area contributed by atoms with E-state index in [2.05, 4.69) is 23.3 Å². The fraction of sp³-hybridized carbons (Fsp3) is 0.350. The third-order valence-electron chi connectivity index (χ3n) is 4.78. The molecule has 2 aliphatic carbocycles. The number of fused-ring (bicyclic) bond motifs is 1. The number of rotatable bonds is 2. The highest BCUT2D eigenvalue weighted by Crippen LogP contribution is 2.51. The molecule has 0 bridgehead atoms. The summed E-state index contributed by atoms with van der Waals surface area (Å²) in [5.74, 6) is -0.0180. The van der Waals surface area contributed by atoms with Gasteiger partial charge in [0.2, 0.25) is 0 Å². The zero-order valence-corrected chi connectivity index (χ0v) is 15.4. The van der Waals surface area contributed by atoms with Gasteiger partial charge in [-0.3, -0.25) is 5.01 Å². The van der Waals surface area contributed by atoms with Crippen LogP contribution < -0.4 is 0 Å². The third-order valence-corrected chi connectivity index (χ3v) is 6.25. The van der Waals surface area contributed by atoms with Crippen LogP contribution in [0.1, 0.15) is 26.2 Å². The molecule has 0 aromatic carbocycles. The van der Waals surface area contributed by atoms with Crippen LogP contribution in [0, 0.1) is 0 Å². The highest BCUT2D eigenvalue weighted by atomic mass is 32.2. The zero-order valence-electron chi connectivity index (χ0n) is 14.5. The van der Waals surface area contributed by atoms with E-state index in [4.69, 9.17) is 4.74 Å². The van der Waals surface area contributed by atoms with Gasteiger partial charge >= 0.3 is 0 Å². The first-order valence-electron chi connectivity index (χ1n) is 8.83. The molecule has 0 radical (unpaired) electrons. The van der Waals surface area contributed by atoms with Crippen molar-refractivity contribution >= 4 is 16.8 Å². The summed E-state index contributed by atoms with van der Waals surface area (Å²) in [4.78, 5) is -0.448. The largest absolute Gasteiger partial charge is 0.493 e. The van der Waals surface area contributed by atoms with Crippen LogP contribution in [-0.4, -0.2) is 28.1 Å². The highest BCUT2D eigenvalue weighted by molar-refractivity contribution is 8.16. The molecular weight excluding hydrogens is 354 g/mol. The monoisotopic (exact) mass is 374 g/mol. The summed E-state index contributed by atoms with van der Waals surface area (Å²) in [5, 5.41) is 7.17. The standard InChI is InChI=1S/C20H20F2N2OS/c1-2-24-20(11-12-25-18-10-5-3-4-8-16(18)20)26-19(23-24)15-13-14(21)7-6-9-17(15)22/h4-5,7-10,13H,2-3,6,11-12H2,1H3. The Morgan fingerprint density at radius 1 is 1.23 bits per heavy atom. The van der Waals surface area contributed by atoms with Crippen LogP contribution >= 0.6 is 11.8 Å². The van der Waals surface area contributed by atoms with Gasteiger partial charge in [-0.25, -0.2) is 8.78 Å². The SMILES string of the molecule is CCN1N=C(C2=CC(F)=CCC=C2F)SC12CCOC1=C2C=CCC=C1. The van der Waals surface area contributed by atoms with E-state index < -0.39 is 16.5 Å². The molecular formula is C20H20F2N2OS. The Kier molecular flexibility index (Phi) is 4.61. The normalized spacial score (nSPS) is 28.0. The molecule has 1 spiro atoms.